The molecular formula is C15H24ClNO. The summed E-state index contributed by atoms with van der Waals surface area (Å²) in [6, 6.07) is 7.55. The molecule has 0 fully saturated rings. The Morgan fingerprint density at radius 3 is 2.17 bits per heavy atom. The fourth-order valence-electron chi connectivity index (χ4n) is 1.62. The molecule has 3 heteroatoms. The summed E-state index contributed by atoms with van der Waals surface area (Å²) in [6.07, 6.45) is 0.185. The van der Waals surface area contributed by atoms with Gasteiger partial charge in [-0.25, -0.2) is 0 Å². The van der Waals surface area contributed by atoms with Crippen LogP contribution >= 0.6 is 11.6 Å². The van der Waals surface area contributed by atoms with E-state index in [4.69, 9.17) is 16.3 Å². The summed E-state index contributed by atoms with van der Waals surface area (Å²) < 4.78 is 5.99. The number of ether oxygens (including phenoxy) is 1. The lowest BCUT2D eigenvalue weighted by molar-refractivity contribution is 0.148. The van der Waals surface area contributed by atoms with Gasteiger partial charge in [0.25, 0.3) is 0 Å². The molecule has 1 aromatic carbocycles. The van der Waals surface area contributed by atoms with Gasteiger partial charge < -0.3 is 10.1 Å². The normalized spacial score (nSPS) is 13.1. The van der Waals surface area contributed by atoms with E-state index in [1.54, 1.807) is 0 Å². The highest BCUT2D eigenvalue weighted by molar-refractivity contribution is 6.30. The van der Waals surface area contributed by atoms with Gasteiger partial charge in [0.05, 0.1) is 0 Å². The van der Waals surface area contributed by atoms with E-state index < -0.39 is 0 Å². The molecule has 1 N–H and O–H groups in total. The number of halogens is 1. The molecule has 0 radical (unpaired) electrons. The van der Waals surface area contributed by atoms with Gasteiger partial charge in [0.15, 0.2) is 0 Å². The zero-order valence-electron chi connectivity index (χ0n) is 11.7. The third-order valence-electron chi connectivity index (χ3n) is 2.74. The van der Waals surface area contributed by atoms with Crippen LogP contribution in [0.1, 0.15) is 27.7 Å². The highest BCUT2D eigenvalue weighted by Gasteiger charge is 2.15. The first-order valence-electron chi connectivity index (χ1n) is 6.62. The second kappa shape index (κ2) is 7.65. The van der Waals surface area contributed by atoms with E-state index in [-0.39, 0.29) is 6.10 Å². The van der Waals surface area contributed by atoms with Gasteiger partial charge in [-0.15, -0.1) is 0 Å². The van der Waals surface area contributed by atoms with Gasteiger partial charge in [0, 0.05) is 11.6 Å². The van der Waals surface area contributed by atoms with Gasteiger partial charge in [-0.05, 0) is 42.6 Å². The molecule has 18 heavy (non-hydrogen) atoms. The molecule has 0 saturated carbocycles. The molecule has 1 unspecified atom stereocenters. The largest absolute Gasteiger partial charge is 0.489 e. The second-order valence-corrected chi connectivity index (χ2v) is 5.84. The lowest BCUT2D eigenvalue weighted by Crippen LogP contribution is -2.36. The maximum Gasteiger partial charge on any atom is 0.119 e. The van der Waals surface area contributed by atoms with Crippen LogP contribution in [0, 0.1) is 11.8 Å². The van der Waals surface area contributed by atoms with Gasteiger partial charge in [-0.3, -0.25) is 0 Å². The van der Waals surface area contributed by atoms with Crippen molar-refractivity contribution in [1.29, 1.82) is 0 Å². The van der Waals surface area contributed by atoms with Crippen LogP contribution in [-0.2, 0) is 0 Å². The Bertz CT molecular complexity index is 335. The molecule has 0 aliphatic heterocycles. The molecule has 1 aromatic rings. The Balaban J connectivity index is 2.49. The molecule has 0 amide bonds. The van der Waals surface area contributed by atoms with Crippen LogP contribution in [0.25, 0.3) is 0 Å². The molecule has 0 aliphatic rings. The average Bonchev–Trinajstić information content (AvgIpc) is 2.30. The van der Waals surface area contributed by atoms with Crippen LogP contribution in [0.15, 0.2) is 24.3 Å². The van der Waals surface area contributed by atoms with Crippen molar-refractivity contribution in [3.63, 3.8) is 0 Å². The standard InChI is InChI=1S/C15H24ClNO/c1-11(2)9-17-10-15(12(3)4)18-14-7-5-13(16)6-8-14/h5-8,11-12,15,17H,9-10H2,1-4H3. The lowest BCUT2D eigenvalue weighted by Gasteiger charge is -2.23. The monoisotopic (exact) mass is 269 g/mol. The summed E-state index contributed by atoms with van der Waals surface area (Å²) >= 11 is 5.86. The van der Waals surface area contributed by atoms with Crippen molar-refractivity contribution in [2.75, 3.05) is 13.1 Å². The number of rotatable bonds is 7. The Morgan fingerprint density at radius 2 is 1.67 bits per heavy atom. The Hall–Kier alpha value is -0.730. The van der Waals surface area contributed by atoms with E-state index in [9.17, 15) is 0 Å². The fourth-order valence-corrected chi connectivity index (χ4v) is 1.74. The lowest BCUT2D eigenvalue weighted by atomic mass is 10.1. The van der Waals surface area contributed by atoms with E-state index in [0.717, 1.165) is 23.9 Å². The topological polar surface area (TPSA) is 21.3 Å². The van der Waals surface area contributed by atoms with E-state index in [1.807, 2.05) is 24.3 Å². The van der Waals surface area contributed by atoms with E-state index in [0.29, 0.717) is 11.8 Å². The average molecular weight is 270 g/mol. The maximum atomic E-state index is 5.99. The summed E-state index contributed by atoms with van der Waals surface area (Å²) in [6.45, 7) is 10.7. The summed E-state index contributed by atoms with van der Waals surface area (Å²) in [5, 5.41) is 4.18. The highest BCUT2D eigenvalue weighted by atomic mass is 35.5. The molecule has 0 bridgehead atoms. The van der Waals surface area contributed by atoms with Gasteiger partial charge in [0.2, 0.25) is 0 Å². The first kappa shape index (κ1) is 15.3. The first-order chi connectivity index (χ1) is 8.49. The molecule has 1 atom stereocenters. The molecule has 0 saturated heterocycles. The van der Waals surface area contributed by atoms with Crippen molar-refractivity contribution in [2.24, 2.45) is 11.8 Å². The minimum absolute atomic E-state index is 0.185. The van der Waals surface area contributed by atoms with Crippen LogP contribution in [-0.4, -0.2) is 19.2 Å². The first-order valence-corrected chi connectivity index (χ1v) is 6.99. The predicted octanol–water partition coefficient (Wildman–Crippen LogP) is 3.99. The van der Waals surface area contributed by atoms with Gasteiger partial charge >= 0.3 is 0 Å². The van der Waals surface area contributed by atoms with Crippen molar-refractivity contribution in [1.82, 2.24) is 5.32 Å². The Morgan fingerprint density at radius 1 is 1.06 bits per heavy atom. The smallest absolute Gasteiger partial charge is 0.119 e. The van der Waals surface area contributed by atoms with E-state index in [1.165, 1.54) is 0 Å². The molecular weight excluding hydrogens is 246 g/mol. The van der Waals surface area contributed by atoms with Crippen molar-refractivity contribution >= 4 is 11.6 Å². The van der Waals surface area contributed by atoms with E-state index >= 15 is 0 Å². The SMILES string of the molecule is CC(C)CNCC(Oc1ccc(Cl)cc1)C(C)C. The Labute approximate surface area is 116 Å². The van der Waals surface area contributed by atoms with E-state index in [2.05, 4.69) is 33.0 Å². The molecule has 0 aliphatic carbocycles. The van der Waals surface area contributed by atoms with Crippen LogP contribution in [0.3, 0.4) is 0 Å². The maximum absolute atomic E-state index is 5.99. The number of hydrogen-bond acceptors (Lipinski definition) is 2. The van der Waals surface area contributed by atoms with Gasteiger partial charge in [-0.2, -0.15) is 0 Å². The van der Waals surface area contributed by atoms with Gasteiger partial charge in [0.1, 0.15) is 11.9 Å². The Kier molecular flexibility index (Phi) is 6.51. The zero-order valence-corrected chi connectivity index (χ0v) is 12.5. The minimum Gasteiger partial charge on any atom is -0.489 e. The number of benzene rings is 1. The molecule has 1 rings (SSSR count). The van der Waals surface area contributed by atoms with Crippen LogP contribution in [0.4, 0.5) is 0 Å². The molecule has 2 nitrogen and oxygen atoms in total. The zero-order chi connectivity index (χ0) is 13.5. The number of nitrogens with one attached hydrogen (secondary N) is 1. The predicted molar refractivity (Wildman–Crippen MR) is 78.4 cm³/mol. The van der Waals surface area contributed by atoms with Crippen molar-refractivity contribution in [2.45, 2.75) is 33.8 Å². The van der Waals surface area contributed by atoms with Crippen molar-refractivity contribution in [3.05, 3.63) is 29.3 Å². The van der Waals surface area contributed by atoms with Gasteiger partial charge in [-0.1, -0.05) is 39.3 Å². The summed E-state index contributed by atoms with van der Waals surface area (Å²) in [7, 11) is 0. The van der Waals surface area contributed by atoms with Crippen LogP contribution in [0.2, 0.25) is 5.02 Å². The quantitative estimate of drug-likeness (QED) is 0.808. The van der Waals surface area contributed by atoms with Crippen LogP contribution < -0.4 is 10.1 Å². The molecule has 0 heterocycles. The highest BCUT2D eigenvalue weighted by Crippen LogP contribution is 2.18. The van der Waals surface area contributed by atoms with Crippen LogP contribution in [0.5, 0.6) is 5.75 Å². The molecule has 102 valence electrons. The second-order valence-electron chi connectivity index (χ2n) is 5.41. The third-order valence-corrected chi connectivity index (χ3v) is 2.99. The van der Waals surface area contributed by atoms with Crippen molar-refractivity contribution < 1.29 is 4.74 Å². The summed E-state index contributed by atoms with van der Waals surface area (Å²) in [5.74, 6) is 2.01. The van der Waals surface area contributed by atoms with Crippen molar-refractivity contribution in [3.8, 4) is 5.75 Å². The molecule has 0 spiro atoms. The fraction of sp³-hybridized carbons (Fsp3) is 0.600. The summed E-state index contributed by atoms with van der Waals surface area (Å²) in [5.41, 5.74) is 0. The minimum atomic E-state index is 0.185. The number of hydrogen-bond donors (Lipinski definition) is 1. The third kappa shape index (κ3) is 5.74. The molecule has 0 aromatic heterocycles. The summed E-state index contributed by atoms with van der Waals surface area (Å²) in [4.78, 5) is 0.